The number of benzene rings is 8. The maximum atomic E-state index is 6.94. The second-order valence-corrected chi connectivity index (χ2v) is 12.8. The van der Waals surface area contributed by atoms with Crippen LogP contribution in [-0.2, 0) is 0 Å². The number of imidazole rings is 1. The average Bonchev–Trinajstić information content (AvgIpc) is 3.85. The predicted octanol–water partition coefficient (Wildman–Crippen LogP) is 12.0. The number of nitrogens with zero attached hydrogens (tertiary/aromatic N) is 3. The summed E-state index contributed by atoms with van der Waals surface area (Å²) in [5.74, 6) is 0.915. The fourth-order valence-corrected chi connectivity index (χ4v) is 7.89. The molecule has 3 heterocycles. The highest BCUT2D eigenvalue weighted by molar-refractivity contribution is 6.26. The Morgan fingerprint density at radius 1 is 0.388 bits per heavy atom. The molecule has 49 heavy (non-hydrogen) atoms. The lowest BCUT2D eigenvalue weighted by Gasteiger charge is -2.12. The zero-order valence-electron chi connectivity index (χ0n) is 26.3. The quantitative estimate of drug-likeness (QED) is 0.196. The standard InChI is InChI=1S/C45H27N3O/c1-2-12-31(13-3-1)47-40-17-9-8-16-39(40)46-45(47)30-18-22-32(23-19-30)48-41-33-14-6-4-10-28(33)20-24-35(41)36-26-27-38-37-25-21-29-11-5-7-15-34(29)43(37)49-44(38)42(36)48/h1-27H. The fourth-order valence-electron chi connectivity index (χ4n) is 7.89. The van der Waals surface area contributed by atoms with Gasteiger partial charge in [-0.1, -0.05) is 103 Å². The van der Waals surface area contributed by atoms with E-state index in [1.54, 1.807) is 0 Å². The Morgan fingerprint density at radius 2 is 0.980 bits per heavy atom. The van der Waals surface area contributed by atoms with Gasteiger partial charge in [0.05, 0.1) is 22.1 Å². The summed E-state index contributed by atoms with van der Waals surface area (Å²) in [5.41, 5.74) is 9.35. The Morgan fingerprint density at radius 3 is 1.82 bits per heavy atom. The highest BCUT2D eigenvalue weighted by atomic mass is 16.3. The highest BCUT2D eigenvalue weighted by Gasteiger charge is 2.22. The molecule has 0 aliphatic carbocycles. The van der Waals surface area contributed by atoms with Crippen molar-refractivity contribution in [3.63, 3.8) is 0 Å². The van der Waals surface area contributed by atoms with Gasteiger partial charge in [0.2, 0.25) is 0 Å². The van der Waals surface area contributed by atoms with Crippen LogP contribution in [0.1, 0.15) is 0 Å². The molecular weight excluding hydrogens is 599 g/mol. The molecule has 0 atom stereocenters. The third-order valence-electron chi connectivity index (χ3n) is 10.1. The van der Waals surface area contributed by atoms with Crippen LogP contribution in [0.2, 0.25) is 0 Å². The van der Waals surface area contributed by atoms with Crippen molar-refractivity contribution in [2.24, 2.45) is 0 Å². The van der Waals surface area contributed by atoms with Gasteiger partial charge in [-0.15, -0.1) is 0 Å². The van der Waals surface area contributed by atoms with Gasteiger partial charge in [0, 0.05) is 49.3 Å². The lowest BCUT2D eigenvalue weighted by atomic mass is 10.0. The summed E-state index contributed by atoms with van der Waals surface area (Å²) in [6, 6.07) is 58.2. The Kier molecular flexibility index (Phi) is 5.35. The van der Waals surface area contributed by atoms with Crippen LogP contribution in [0.3, 0.4) is 0 Å². The highest BCUT2D eigenvalue weighted by Crippen LogP contribution is 2.43. The number of hydrogen-bond acceptors (Lipinski definition) is 2. The second-order valence-electron chi connectivity index (χ2n) is 12.8. The summed E-state index contributed by atoms with van der Waals surface area (Å²) in [5, 5.41) is 9.35. The van der Waals surface area contributed by atoms with E-state index in [9.17, 15) is 0 Å². The minimum absolute atomic E-state index is 0.902. The van der Waals surface area contributed by atoms with Crippen LogP contribution in [0.25, 0.3) is 99.1 Å². The minimum Gasteiger partial charge on any atom is -0.453 e. The maximum Gasteiger partial charge on any atom is 0.160 e. The van der Waals surface area contributed by atoms with E-state index >= 15 is 0 Å². The van der Waals surface area contributed by atoms with Crippen molar-refractivity contribution in [1.29, 1.82) is 0 Å². The number of hydrogen-bond donors (Lipinski definition) is 0. The fraction of sp³-hybridized carbons (Fsp3) is 0. The van der Waals surface area contributed by atoms with Crippen molar-refractivity contribution in [2.75, 3.05) is 0 Å². The van der Waals surface area contributed by atoms with Crippen molar-refractivity contribution in [3.05, 3.63) is 164 Å². The molecule has 0 fully saturated rings. The van der Waals surface area contributed by atoms with Crippen LogP contribution in [0, 0.1) is 0 Å². The molecule has 228 valence electrons. The van der Waals surface area contributed by atoms with Gasteiger partial charge in [0.15, 0.2) is 5.58 Å². The van der Waals surface area contributed by atoms with E-state index < -0.39 is 0 Å². The van der Waals surface area contributed by atoms with Crippen molar-refractivity contribution in [3.8, 4) is 22.8 Å². The summed E-state index contributed by atoms with van der Waals surface area (Å²) in [7, 11) is 0. The van der Waals surface area contributed by atoms with E-state index in [1.807, 2.05) is 12.1 Å². The molecule has 4 nitrogen and oxygen atoms in total. The second kappa shape index (κ2) is 9.93. The normalized spacial score (nSPS) is 12.1. The molecule has 0 N–H and O–H groups in total. The van der Waals surface area contributed by atoms with Crippen molar-refractivity contribution >= 4 is 76.3 Å². The SMILES string of the molecule is c1ccc(-n2c(-c3ccc(-n4c5c6ccccc6ccc5c5ccc6c7ccc8ccccc8c7oc6c54)cc3)nc3ccccc32)cc1. The van der Waals surface area contributed by atoms with Gasteiger partial charge in [0.1, 0.15) is 11.4 Å². The van der Waals surface area contributed by atoms with Gasteiger partial charge in [0.25, 0.3) is 0 Å². The van der Waals surface area contributed by atoms with Crippen LogP contribution in [-0.4, -0.2) is 14.1 Å². The molecule has 0 bridgehead atoms. The lowest BCUT2D eigenvalue weighted by Crippen LogP contribution is -1.98. The van der Waals surface area contributed by atoms with Crippen molar-refractivity contribution in [1.82, 2.24) is 14.1 Å². The molecule has 0 saturated heterocycles. The molecule has 0 unspecified atom stereocenters. The van der Waals surface area contributed by atoms with E-state index in [2.05, 4.69) is 161 Å². The predicted molar refractivity (Wildman–Crippen MR) is 203 cm³/mol. The Bertz CT molecular complexity index is 3090. The van der Waals surface area contributed by atoms with Gasteiger partial charge in [-0.3, -0.25) is 4.57 Å². The van der Waals surface area contributed by atoms with E-state index in [-0.39, 0.29) is 0 Å². The van der Waals surface area contributed by atoms with Crippen LogP contribution >= 0.6 is 0 Å². The third-order valence-corrected chi connectivity index (χ3v) is 10.1. The molecule has 11 rings (SSSR count). The van der Waals surface area contributed by atoms with Crippen LogP contribution in [0.4, 0.5) is 0 Å². The first-order valence-corrected chi connectivity index (χ1v) is 16.6. The molecule has 0 spiro atoms. The largest absolute Gasteiger partial charge is 0.453 e. The van der Waals surface area contributed by atoms with Gasteiger partial charge < -0.3 is 8.98 Å². The smallest absolute Gasteiger partial charge is 0.160 e. The Balaban J connectivity index is 1.21. The molecule has 3 aromatic heterocycles. The monoisotopic (exact) mass is 625 g/mol. The first-order chi connectivity index (χ1) is 24.3. The van der Waals surface area contributed by atoms with Gasteiger partial charge >= 0.3 is 0 Å². The van der Waals surface area contributed by atoms with E-state index in [0.717, 1.165) is 66.6 Å². The first-order valence-electron chi connectivity index (χ1n) is 16.6. The molecule has 0 amide bonds. The summed E-state index contributed by atoms with van der Waals surface area (Å²) in [6.45, 7) is 0. The molecule has 0 saturated carbocycles. The summed E-state index contributed by atoms with van der Waals surface area (Å²) < 4.78 is 11.6. The Hall–Kier alpha value is -6.65. The van der Waals surface area contributed by atoms with E-state index in [0.29, 0.717) is 0 Å². The zero-order chi connectivity index (χ0) is 32.1. The van der Waals surface area contributed by atoms with E-state index in [4.69, 9.17) is 9.40 Å². The van der Waals surface area contributed by atoms with Gasteiger partial charge in [-0.05, 0) is 71.4 Å². The average molecular weight is 626 g/mol. The number of para-hydroxylation sites is 3. The topological polar surface area (TPSA) is 35.9 Å². The molecule has 8 aromatic carbocycles. The van der Waals surface area contributed by atoms with Gasteiger partial charge in [-0.2, -0.15) is 0 Å². The van der Waals surface area contributed by atoms with Gasteiger partial charge in [-0.25, -0.2) is 4.98 Å². The third kappa shape index (κ3) is 3.71. The number of aromatic nitrogens is 3. The molecule has 4 heteroatoms. The minimum atomic E-state index is 0.902. The maximum absolute atomic E-state index is 6.94. The van der Waals surface area contributed by atoms with Crippen LogP contribution in [0.15, 0.2) is 168 Å². The van der Waals surface area contributed by atoms with Crippen molar-refractivity contribution < 1.29 is 4.42 Å². The number of furan rings is 1. The summed E-state index contributed by atoms with van der Waals surface area (Å²) >= 11 is 0. The Labute approximate surface area is 280 Å². The van der Waals surface area contributed by atoms with Crippen LogP contribution in [0.5, 0.6) is 0 Å². The zero-order valence-corrected chi connectivity index (χ0v) is 26.3. The molecule has 0 radical (unpaired) electrons. The molecule has 0 aliphatic heterocycles. The van der Waals surface area contributed by atoms with E-state index in [1.165, 1.54) is 32.4 Å². The van der Waals surface area contributed by atoms with Crippen molar-refractivity contribution in [2.45, 2.75) is 0 Å². The van der Waals surface area contributed by atoms with Crippen LogP contribution < -0.4 is 0 Å². The lowest BCUT2D eigenvalue weighted by molar-refractivity contribution is 0.675. The molecule has 11 aromatic rings. The summed E-state index contributed by atoms with van der Waals surface area (Å²) in [4.78, 5) is 5.12. The molecule has 0 aliphatic rings. The number of fused-ring (bicyclic) bond motifs is 12. The molecular formula is C45H27N3O. The first kappa shape index (κ1) is 26.4. The summed E-state index contributed by atoms with van der Waals surface area (Å²) in [6.07, 6.45) is 0. The number of rotatable bonds is 3.